The summed E-state index contributed by atoms with van der Waals surface area (Å²) in [5.74, 6) is 0.0736. The van der Waals surface area contributed by atoms with E-state index in [-0.39, 0.29) is 11.8 Å². The molecule has 3 nitrogen and oxygen atoms in total. The van der Waals surface area contributed by atoms with Crippen LogP contribution in [0.25, 0.3) is 6.08 Å². The first-order chi connectivity index (χ1) is 11.6. The van der Waals surface area contributed by atoms with Crippen molar-refractivity contribution in [3.05, 3.63) is 77.4 Å². The number of carbonyl (C=O) groups excluding carboxylic acids is 1. The van der Waals surface area contributed by atoms with E-state index >= 15 is 0 Å². The average Bonchev–Trinajstić information content (AvgIpc) is 2.61. The van der Waals surface area contributed by atoms with Crippen molar-refractivity contribution < 1.29 is 9.90 Å². The molecular formula is C21H25NO2. The van der Waals surface area contributed by atoms with Crippen LogP contribution < -0.4 is 5.32 Å². The quantitative estimate of drug-likeness (QED) is 0.729. The second-order valence-electron chi connectivity index (χ2n) is 6.06. The number of benzene rings is 2. The fraction of sp³-hybridized carbons (Fsp3) is 0.286. The molecule has 0 aliphatic heterocycles. The number of ketones is 1. The zero-order valence-corrected chi connectivity index (χ0v) is 14.3. The maximum Gasteiger partial charge on any atom is 0.156 e. The van der Waals surface area contributed by atoms with Crippen LogP contribution in [-0.2, 0) is 4.79 Å². The Morgan fingerprint density at radius 3 is 2.46 bits per heavy atom. The Hall–Kier alpha value is -2.23. The minimum absolute atomic E-state index is 0.0736. The normalized spacial score (nSPS) is 13.8. The molecule has 0 bridgehead atoms. The van der Waals surface area contributed by atoms with Crippen molar-refractivity contribution >= 4 is 11.9 Å². The van der Waals surface area contributed by atoms with Crippen molar-refractivity contribution in [1.29, 1.82) is 0 Å². The van der Waals surface area contributed by atoms with Gasteiger partial charge in [0.1, 0.15) is 0 Å². The lowest BCUT2D eigenvalue weighted by molar-refractivity contribution is -0.114. The fourth-order valence-electron chi connectivity index (χ4n) is 2.42. The third-order valence-electron chi connectivity index (χ3n) is 3.99. The van der Waals surface area contributed by atoms with Gasteiger partial charge in [0.15, 0.2) is 5.78 Å². The summed E-state index contributed by atoms with van der Waals surface area (Å²) in [6.45, 7) is 4.50. The third-order valence-corrected chi connectivity index (χ3v) is 3.99. The first-order valence-corrected chi connectivity index (χ1v) is 8.30. The van der Waals surface area contributed by atoms with Crippen molar-refractivity contribution in [1.82, 2.24) is 5.32 Å². The van der Waals surface area contributed by atoms with Crippen LogP contribution in [0.15, 0.2) is 60.7 Å². The van der Waals surface area contributed by atoms with Crippen LogP contribution in [0.1, 0.15) is 36.1 Å². The number of hydrogen-bond donors (Lipinski definition) is 2. The van der Waals surface area contributed by atoms with E-state index in [0.29, 0.717) is 13.0 Å². The van der Waals surface area contributed by atoms with Crippen molar-refractivity contribution in [3.63, 3.8) is 0 Å². The predicted octanol–water partition coefficient (Wildman–Crippen LogP) is 3.68. The van der Waals surface area contributed by atoms with Crippen molar-refractivity contribution in [2.45, 2.75) is 32.4 Å². The first-order valence-electron chi connectivity index (χ1n) is 8.30. The maximum atomic E-state index is 11.9. The van der Waals surface area contributed by atoms with E-state index in [9.17, 15) is 9.90 Å². The van der Waals surface area contributed by atoms with Crippen molar-refractivity contribution in [2.24, 2.45) is 0 Å². The number of aliphatic hydroxyl groups excluding tert-OH is 1. The Morgan fingerprint density at radius 2 is 1.79 bits per heavy atom. The molecule has 2 aromatic rings. The third kappa shape index (κ3) is 5.76. The summed E-state index contributed by atoms with van der Waals surface area (Å²) in [6, 6.07) is 17.5. The molecule has 2 atom stereocenters. The molecular weight excluding hydrogens is 298 g/mol. The Balaban J connectivity index is 1.75. The van der Waals surface area contributed by atoms with E-state index in [1.54, 1.807) is 6.08 Å². The van der Waals surface area contributed by atoms with Crippen molar-refractivity contribution in [3.8, 4) is 0 Å². The molecule has 0 spiro atoms. The standard InChI is InChI=1S/C21H25NO2/c1-16-8-10-18(11-9-16)12-13-20(23)14-15-22-17(2)21(24)19-6-4-3-5-7-19/h3-13,17,21-22,24H,14-15H2,1-2H3/b13-12+. The van der Waals surface area contributed by atoms with Crippen LogP contribution >= 0.6 is 0 Å². The zero-order valence-electron chi connectivity index (χ0n) is 14.3. The van der Waals surface area contributed by atoms with Crippen LogP contribution in [0.2, 0.25) is 0 Å². The molecule has 0 aliphatic rings. The van der Waals surface area contributed by atoms with Gasteiger partial charge in [0.25, 0.3) is 0 Å². The van der Waals surface area contributed by atoms with Gasteiger partial charge in [-0.2, -0.15) is 0 Å². The Kier molecular flexibility index (Phi) is 6.91. The van der Waals surface area contributed by atoms with Gasteiger partial charge < -0.3 is 10.4 Å². The summed E-state index contributed by atoms with van der Waals surface area (Å²) in [5.41, 5.74) is 3.10. The highest BCUT2D eigenvalue weighted by Crippen LogP contribution is 2.15. The van der Waals surface area contributed by atoms with Gasteiger partial charge in [-0.1, -0.05) is 66.2 Å². The molecule has 0 fully saturated rings. The van der Waals surface area contributed by atoms with Gasteiger partial charge in [0, 0.05) is 19.0 Å². The molecule has 0 heterocycles. The minimum Gasteiger partial charge on any atom is -0.387 e. The van der Waals surface area contributed by atoms with Crippen molar-refractivity contribution in [2.75, 3.05) is 6.54 Å². The van der Waals surface area contributed by atoms with E-state index in [0.717, 1.165) is 11.1 Å². The van der Waals surface area contributed by atoms with E-state index in [2.05, 4.69) is 5.32 Å². The largest absolute Gasteiger partial charge is 0.387 e. The Bertz CT molecular complexity index is 662. The molecule has 3 heteroatoms. The van der Waals surface area contributed by atoms with Gasteiger partial charge in [0.2, 0.25) is 0 Å². The molecule has 2 aromatic carbocycles. The topological polar surface area (TPSA) is 49.3 Å². The van der Waals surface area contributed by atoms with Gasteiger partial charge in [-0.25, -0.2) is 0 Å². The van der Waals surface area contributed by atoms with E-state index in [4.69, 9.17) is 0 Å². The minimum atomic E-state index is -0.579. The summed E-state index contributed by atoms with van der Waals surface area (Å²) in [5, 5.41) is 13.5. The van der Waals surface area contributed by atoms with Gasteiger partial charge in [-0.05, 0) is 31.1 Å². The monoisotopic (exact) mass is 323 g/mol. The Labute approximate surface area is 144 Å². The maximum absolute atomic E-state index is 11.9. The highest BCUT2D eigenvalue weighted by molar-refractivity contribution is 5.93. The van der Waals surface area contributed by atoms with Gasteiger partial charge in [-0.15, -0.1) is 0 Å². The number of carbonyl (C=O) groups is 1. The summed E-state index contributed by atoms with van der Waals surface area (Å²) in [7, 11) is 0. The molecule has 0 aromatic heterocycles. The molecule has 2 rings (SSSR count). The number of hydrogen-bond acceptors (Lipinski definition) is 3. The number of rotatable bonds is 8. The lowest BCUT2D eigenvalue weighted by atomic mass is 10.0. The molecule has 2 unspecified atom stereocenters. The molecule has 24 heavy (non-hydrogen) atoms. The van der Waals surface area contributed by atoms with Crippen LogP contribution in [0.4, 0.5) is 0 Å². The summed E-state index contributed by atoms with van der Waals surface area (Å²) in [6.07, 6.45) is 3.28. The van der Waals surface area contributed by atoms with E-state index in [1.165, 1.54) is 5.56 Å². The smallest absolute Gasteiger partial charge is 0.156 e. The highest BCUT2D eigenvalue weighted by atomic mass is 16.3. The molecule has 0 amide bonds. The predicted molar refractivity (Wildman–Crippen MR) is 98.7 cm³/mol. The van der Waals surface area contributed by atoms with Crippen LogP contribution in [-0.4, -0.2) is 23.5 Å². The zero-order chi connectivity index (χ0) is 17.4. The molecule has 0 saturated heterocycles. The SMILES string of the molecule is Cc1ccc(/C=C/C(=O)CCNC(C)C(O)c2ccccc2)cc1. The van der Waals surface area contributed by atoms with Gasteiger partial charge >= 0.3 is 0 Å². The van der Waals surface area contributed by atoms with Gasteiger partial charge in [-0.3, -0.25) is 4.79 Å². The lowest BCUT2D eigenvalue weighted by Crippen LogP contribution is -2.33. The van der Waals surface area contributed by atoms with Crippen LogP contribution in [0.3, 0.4) is 0 Å². The van der Waals surface area contributed by atoms with Crippen LogP contribution in [0, 0.1) is 6.92 Å². The summed E-state index contributed by atoms with van der Waals surface area (Å²) >= 11 is 0. The van der Waals surface area contributed by atoms with E-state index < -0.39 is 6.10 Å². The first kappa shape index (κ1) is 18.1. The molecule has 0 radical (unpaired) electrons. The molecule has 2 N–H and O–H groups in total. The number of allylic oxidation sites excluding steroid dienone is 1. The average molecular weight is 323 g/mol. The lowest BCUT2D eigenvalue weighted by Gasteiger charge is -2.20. The fourth-order valence-corrected chi connectivity index (χ4v) is 2.42. The highest BCUT2D eigenvalue weighted by Gasteiger charge is 2.15. The Morgan fingerprint density at radius 1 is 1.12 bits per heavy atom. The van der Waals surface area contributed by atoms with Gasteiger partial charge in [0.05, 0.1) is 6.10 Å². The molecule has 126 valence electrons. The second kappa shape index (κ2) is 9.16. The summed E-state index contributed by atoms with van der Waals surface area (Å²) < 4.78 is 0. The number of aliphatic hydroxyl groups is 1. The second-order valence-corrected chi connectivity index (χ2v) is 6.06. The number of nitrogens with one attached hydrogen (secondary N) is 1. The van der Waals surface area contributed by atoms with E-state index in [1.807, 2.05) is 74.5 Å². The number of aryl methyl sites for hydroxylation is 1. The molecule has 0 saturated carbocycles. The van der Waals surface area contributed by atoms with Crippen LogP contribution in [0.5, 0.6) is 0 Å². The molecule has 0 aliphatic carbocycles. The summed E-state index contributed by atoms with van der Waals surface area (Å²) in [4.78, 5) is 11.9.